The highest BCUT2D eigenvalue weighted by molar-refractivity contribution is 5.92. The summed E-state index contributed by atoms with van der Waals surface area (Å²) in [6.07, 6.45) is 2.13. The number of aromatic amines is 1. The van der Waals surface area contributed by atoms with Gasteiger partial charge in [0.1, 0.15) is 0 Å². The Balaban J connectivity index is 1.75. The Labute approximate surface area is 127 Å². The standard InChI is InChI=1S/C17H16N2O3/c20-10-11-8-13-12-4-1-2-5-14(12)18-15(13)9-19(11)17(21)16-6-3-7-22-16/h1-7,11,18,20H,8-10H2. The minimum absolute atomic E-state index is 0.0641. The van der Waals surface area contributed by atoms with Gasteiger partial charge < -0.3 is 19.4 Å². The first-order chi connectivity index (χ1) is 10.8. The van der Waals surface area contributed by atoms with Gasteiger partial charge in [-0.3, -0.25) is 4.79 Å². The number of hydrogen-bond donors (Lipinski definition) is 2. The number of nitrogens with zero attached hydrogens (tertiary/aromatic N) is 1. The van der Waals surface area contributed by atoms with E-state index in [1.165, 1.54) is 17.2 Å². The quantitative estimate of drug-likeness (QED) is 0.762. The fourth-order valence-electron chi connectivity index (χ4n) is 3.21. The molecular weight excluding hydrogens is 280 g/mol. The van der Waals surface area contributed by atoms with E-state index >= 15 is 0 Å². The average molecular weight is 296 g/mol. The van der Waals surface area contributed by atoms with Gasteiger partial charge in [0.2, 0.25) is 0 Å². The van der Waals surface area contributed by atoms with Crippen LogP contribution in [0.25, 0.3) is 10.9 Å². The number of aliphatic hydroxyl groups is 1. The summed E-state index contributed by atoms with van der Waals surface area (Å²) < 4.78 is 5.21. The minimum atomic E-state index is -0.232. The number of hydrogen-bond acceptors (Lipinski definition) is 3. The predicted octanol–water partition coefficient (Wildman–Crippen LogP) is 2.32. The molecule has 0 spiro atoms. The maximum atomic E-state index is 12.6. The van der Waals surface area contributed by atoms with Gasteiger partial charge in [-0.1, -0.05) is 18.2 Å². The summed E-state index contributed by atoms with van der Waals surface area (Å²) in [5.41, 5.74) is 3.29. The van der Waals surface area contributed by atoms with Crippen molar-refractivity contribution in [3.63, 3.8) is 0 Å². The second-order valence-corrected chi connectivity index (χ2v) is 5.58. The van der Waals surface area contributed by atoms with Crippen LogP contribution in [0, 0.1) is 0 Å². The number of aliphatic hydroxyl groups excluding tert-OH is 1. The second-order valence-electron chi connectivity index (χ2n) is 5.58. The van der Waals surface area contributed by atoms with Gasteiger partial charge >= 0.3 is 0 Å². The molecule has 0 aliphatic carbocycles. The molecule has 2 N–H and O–H groups in total. The molecule has 112 valence electrons. The number of nitrogens with one attached hydrogen (secondary N) is 1. The van der Waals surface area contributed by atoms with Crippen molar-refractivity contribution in [3.8, 4) is 0 Å². The Hall–Kier alpha value is -2.53. The topological polar surface area (TPSA) is 69.5 Å². The van der Waals surface area contributed by atoms with E-state index in [9.17, 15) is 9.90 Å². The number of H-pyrrole nitrogens is 1. The predicted molar refractivity (Wildman–Crippen MR) is 81.5 cm³/mol. The first-order valence-corrected chi connectivity index (χ1v) is 7.31. The van der Waals surface area contributed by atoms with Crippen LogP contribution in [-0.2, 0) is 13.0 Å². The summed E-state index contributed by atoms with van der Waals surface area (Å²) in [6.45, 7) is 0.389. The van der Waals surface area contributed by atoms with E-state index in [1.54, 1.807) is 17.0 Å². The lowest BCUT2D eigenvalue weighted by Gasteiger charge is -2.34. The zero-order chi connectivity index (χ0) is 15.1. The van der Waals surface area contributed by atoms with Crippen LogP contribution in [0.4, 0.5) is 0 Å². The number of aromatic nitrogens is 1. The fourth-order valence-corrected chi connectivity index (χ4v) is 3.21. The van der Waals surface area contributed by atoms with Gasteiger partial charge in [0.25, 0.3) is 5.91 Å². The maximum absolute atomic E-state index is 12.6. The molecule has 1 unspecified atom stereocenters. The molecular formula is C17H16N2O3. The molecule has 3 aromatic rings. The van der Waals surface area contributed by atoms with Gasteiger partial charge in [-0.05, 0) is 30.2 Å². The molecule has 22 heavy (non-hydrogen) atoms. The van der Waals surface area contributed by atoms with E-state index in [4.69, 9.17) is 4.42 Å². The molecule has 5 nitrogen and oxygen atoms in total. The van der Waals surface area contributed by atoms with Gasteiger partial charge in [0.05, 0.1) is 25.5 Å². The number of fused-ring (bicyclic) bond motifs is 3. The zero-order valence-corrected chi connectivity index (χ0v) is 12.0. The summed E-state index contributed by atoms with van der Waals surface area (Å²) in [5, 5.41) is 10.9. The third-order valence-corrected chi connectivity index (χ3v) is 4.31. The zero-order valence-electron chi connectivity index (χ0n) is 12.0. The summed E-state index contributed by atoms with van der Waals surface area (Å²) in [7, 11) is 0. The fraction of sp³-hybridized carbons (Fsp3) is 0.235. The number of carbonyl (C=O) groups is 1. The normalized spacial score (nSPS) is 17.7. The number of benzene rings is 1. The molecule has 0 radical (unpaired) electrons. The minimum Gasteiger partial charge on any atom is -0.459 e. The van der Waals surface area contributed by atoms with Crippen LogP contribution in [0.2, 0.25) is 0 Å². The molecule has 5 heteroatoms. The molecule has 4 rings (SSSR count). The van der Waals surface area contributed by atoms with Gasteiger partial charge in [0, 0.05) is 16.6 Å². The number of para-hydroxylation sites is 1. The van der Waals surface area contributed by atoms with Crippen LogP contribution in [0.5, 0.6) is 0 Å². The molecule has 0 saturated heterocycles. The van der Waals surface area contributed by atoms with E-state index in [2.05, 4.69) is 11.1 Å². The molecule has 0 saturated carbocycles. The molecule has 0 bridgehead atoms. The Bertz CT molecular complexity index is 820. The van der Waals surface area contributed by atoms with E-state index in [-0.39, 0.29) is 18.6 Å². The average Bonchev–Trinajstić information content (AvgIpc) is 3.20. The van der Waals surface area contributed by atoms with Crippen LogP contribution in [0.1, 0.15) is 21.8 Å². The van der Waals surface area contributed by atoms with Crippen molar-refractivity contribution >= 4 is 16.8 Å². The number of furan rings is 1. The van der Waals surface area contributed by atoms with Gasteiger partial charge in [-0.25, -0.2) is 0 Å². The first kappa shape index (κ1) is 13.2. The van der Waals surface area contributed by atoms with Gasteiger partial charge in [-0.15, -0.1) is 0 Å². The van der Waals surface area contributed by atoms with Crippen LogP contribution in [-0.4, -0.2) is 33.5 Å². The molecule has 3 heterocycles. The molecule has 1 amide bonds. The van der Waals surface area contributed by atoms with Crippen molar-refractivity contribution in [2.75, 3.05) is 6.61 Å². The maximum Gasteiger partial charge on any atom is 0.290 e. The third-order valence-electron chi connectivity index (χ3n) is 4.31. The van der Waals surface area contributed by atoms with Crippen LogP contribution in [0.3, 0.4) is 0 Å². The summed E-state index contributed by atoms with van der Waals surface area (Å²) in [6, 6.07) is 11.2. The number of rotatable bonds is 2. The summed E-state index contributed by atoms with van der Waals surface area (Å²) in [5.74, 6) is 0.117. The highest BCUT2D eigenvalue weighted by atomic mass is 16.3. The molecule has 0 fully saturated rings. The van der Waals surface area contributed by atoms with Crippen molar-refractivity contribution in [1.29, 1.82) is 0 Å². The van der Waals surface area contributed by atoms with E-state index < -0.39 is 0 Å². The highest BCUT2D eigenvalue weighted by Gasteiger charge is 2.32. The third kappa shape index (κ3) is 1.94. The van der Waals surface area contributed by atoms with Crippen LogP contribution in [0.15, 0.2) is 47.1 Å². The number of carbonyl (C=O) groups excluding carboxylic acids is 1. The smallest absolute Gasteiger partial charge is 0.290 e. The van der Waals surface area contributed by atoms with E-state index in [1.807, 2.05) is 18.2 Å². The SMILES string of the molecule is O=C(c1ccco1)N1Cc2[nH]c3ccccc3c2CC1CO. The largest absolute Gasteiger partial charge is 0.459 e. The van der Waals surface area contributed by atoms with Gasteiger partial charge in [0.15, 0.2) is 5.76 Å². The Kier molecular flexibility index (Phi) is 3.01. The summed E-state index contributed by atoms with van der Waals surface area (Å²) in [4.78, 5) is 17.6. The lowest BCUT2D eigenvalue weighted by molar-refractivity contribution is 0.0510. The molecule has 1 atom stereocenters. The number of amides is 1. The first-order valence-electron chi connectivity index (χ1n) is 7.31. The van der Waals surface area contributed by atoms with Crippen molar-refractivity contribution in [1.82, 2.24) is 9.88 Å². The molecule has 2 aromatic heterocycles. The Morgan fingerprint density at radius 3 is 2.95 bits per heavy atom. The summed E-state index contributed by atoms with van der Waals surface area (Å²) >= 11 is 0. The second kappa shape index (κ2) is 5.03. The van der Waals surface area contributed by atoms with Crippen molar-refractivity contribution < 1.29 is 14.3 Å². The van der Waals surface area contributed by atoms with Crippen molar-refractivity contribution in [3.05, 3.63) is 59.7 Å². The lowest BCUT2D eigenvalue weighted by Crippen LogP contribution is -2.46. The van der Waals surface area contributed by atoms with Gasteiger partial charge in [-0.2, -0.15) is 0 Å². The monoisotopic (exact) mass is 296 g/mol. The Morgan fingerprint density at radius 1 is 1.32 bits per heavy atom. The van der Waals surface area contributed by atoms with Crippen molar-refractivity contribution in [2.24, 2.45) is 0 Å². The molecule has 1 aliphatic rings. The van der Waals surface area contributed by atoms with Crippen molar-refractivity contribution in [2.45, 2.75) is 19.0 Å². The van der Waals surface area contributed by atoms with E-state index in [0.717, 1.165) is 11.2 Å². The highest BCUT2D eigenvalue weighted by Crippen LogP contribution is 2.30. The lowest BCUT2D eigenvalue weighted by atomic mass is 9.97. The van der Waals surface area contributed by atoms with E-state index in [0.29, 0.717) is 18.7 Å². The molecule has 1 aromatic carbocycles. The Morgan fingerprint density at radius 2 is 2.18 bits per heavy atom. The van der Waals surface area contributed by atoms with Crippen LogP contribution >= 0.6 is 0 Å². The molecule has 1 aliphatic heterocycles. The van der Waals surface area contributed by atoms with Crippen LogP contribution < -0.4 is 0 Å².